The summed E-state index contributed by atoms with van der Waals surface area (Å²) in [5, 5.41) is 28.7. The van der Waals surface area contributed by atoms with Crippen molar-refractivity contribution in [3.8, 4) is 6.07 Å². The van der Waals surface area contributed by atoms with E-state index >= 15 is 0 Å². The molecule has 1 aromatic carbocycles. The minimum Gasteiger partial charge on any atom is -0.394 e. The van der Waals surface area contributed by atoms with Gasteiger partial charge in [0.2, 0.25) is 5.91 Å². The molecule has 2 rings (SSSR count). The Bertz CT molecular complexity index is 595. The highest BCUT2D eigenvalue weighted by atomic mass is 35.5. The van der Waals surface area contributed by atoms with Gasteiger partial charge in [0.1, 0.15) is 6.07 Å². The number of hydrogen-bond donors (Lipinski definition) is 2. The van der Waals surface area contributed by atoms with Crippen LogP contribution in [0.15, 0.2) is 18.2 Å². The summed E-state index contributed by atoms with van der Waals surface area (Å²) in [4.78, 5) is 13.8. The van der Waals surface area contributed by atoms with E-state index in [-0.39, 0.29) is 17.5 Å². The van der Waals surface area contributed by atoms with Gasteiger partial charge in [0.25, 0.3) is 0 Å². The van der Waals surface area contributed by atoms with Gasteiger partial charge in [-0.2, -0.15) is 5.26 Å². The number of carbonyl (C=O) groups excluding carboxylic acids is 1. The van der Waals surface area contributed by atoms with Crippen molar-refractivity contribution >= 4 is 23.2 Å². The number of nitriles is 1. The third kappa shape index (κ3) is 2.06. The van der Waals surface area contributed by atoms with Crippen molar-refractivity contribution in [2.45, 2.75) is 26.0 Å². The van der Waals surface area contributed by atoms with Crippen LogP contribution in [0.25, 0.3) is 0 Å². The number of hydrogen-bond acceptors (Lipinski definition) is 4. The number of halogens is 1. The predicted molar refractivity (Wildman–Crippen MR) is 74.3 cm³/mol. The van der Waals surface area contributed by atoms with Crippen LogP contribution in [0, 0.1) is 16.7 Å². The van der Waals surface area contributed by atoms with Crippen molar-refractivity contribution in [1.82, 2.24) is 0 Å². The number of aliphatic hydroxyl groups is 2. The van der Waals surface area contributed by atoms with Gasteiger partial charge in [-0.3, -0.25) is 4.79 Å². The highest BCUT2D eigenvalue weighted by Crippen LogP contribution is 2.39. The zero-order valence-electron chi connectivity index (χ0n) is 11.2. The first kappa shape index (κ1) is 14.8. The van der Waals surface area contributed by atoms with E-state index in [4.69, 9.17) is 16.9 Å². The molecule has 0 unspecified atom stereocenters. The van der Waals surface area contributed by atoms with E-state index < -0.39 is 17.6 Å². The Labute approximate surface area is 122 Å². The van der Waals surface area contributed by atoms with E-state index in [1.54, 1.807) is 19.9 Å². The Morgan fingerprint density at radius 2 is 2.15 bits per heavy atom. The number of rotatable bonds is 2. The van der Waals surface area contributed by atoms with Crippen molar-refractivity contribution < 1.29 is 15.0 Å². The molecule has 106 valence electrons. The lowest BCUT2D eigenvalue weighted by Gasteiger charge is -2.24. The first-order valence-corrected chi connectivity index (χ1v) is 6.54. The smallest absolute Gasteiger partial charge is 0.235 e. The van der Waals surface area contributed by atoms with Gasteiger partial charge >= 0.3 is 0 Å². The van der Waals surface area contributed by atoms with Crippen LogP contribution in [0.5, 0.6) is 0 Å². The Morgan fingerprint density at radius 1 is 1.50 bits per heavy atom. The predicted octanol–water partition coefficient (Wildman–Crippen LogP) is 1.31. The number of carbonyl (C=O) groups is 1. The van der Waals surface area contributed by atoms with E-state index in [1.165, 1.54) is 17.0 Å². The highest BCUT2D eigenvalue weighted by molar-refractivity contribution is 6.32. The maximum Gasteiger partial charge on any atom is 0.235 e. The molecule has 2 atom stereocenters. The number of nitrogens with zero attached hydrogens (tertiary/aromatic N) is 2. The molecule has 0 aromatic heterocycles. The second kappa shape index (κ2) is 5.06. The zero-order chi connectivity index (χ0) is 15.1. The van der Waals surface area contributed by atoms with Gasteiger partial charge in [0, 0.05) is 5.69 Å². The third-order valence-corrected chi connectivity index (χ3v) is 4.06. The minimum atomic E-state index is -0.978. The molecule has 1 aliphatic rings. The fourth-order valence-corrected chi connectivity index (χ4v) is 2.66. The van der Waals surface area contributed by atoms with Crippen molar-refractivity contribution in [2.24, 2.45) is 5.41 Å². The van der Waals surface area contributed by atoms with E-state index in [0.717, 1.165) is 0 Å². The Balaban J connectivity index is 2.49. The van der Waals surface area contributed by atoms with Crippen LogP contribution in [0.1, 0.15) is 19.4 Å². The quantitative estimate of drug-likeness (QED) is 0.861. The first-order valence-electron chi connectivity index (χ1n) is 6.16. The summed E-state index contributed by atoms with van der Waals surface area (Å²) in [5.41, 5.74) is -0.210. The topological polar surface area (TPSA) is 84.6 Å². The summed E-state index contributed by atoms with van der Waals surface area (Å²) in [6.07, 6.45) is -0.977. The van der Waals surface area contributed by atoms with Gasteiger partial charge in [-0.05, 0) is 32.0 Å². The lowest BCUT2D eigenvalue weighted by molar-refractivity contribution is -0.126. The summed E-state index contributed by atoms with van der Waals surface area (Å²) in [6, 6.07) is 5.81. The minimum absolute atomic E-state index is 0.230. The lowest BCUT2D eigenvalue weighted by Crippen LogP contribution is -2.40. The second-order valence-corrected chi connectivity index (χ2v) is 5.77. The maximum absolute atomic E-state index is 12.4. The van der Waals surface area contributed by atoms with Crippen LogP contribution in [-0.2, 0) is 4.79 Å². The zero-order valence-corrected chi connectivity index (χ0v) is 11.9. The molecular formula is C14H15ClN2O3. The molecule has 0 radical (unpaired) electrons. The van der Waals surface area contributed by atoms with Crippen LogP contribution in [0.3, 0.4) is 0 Å². The number of anilines is 1. The van der Waals surface area contributed by atoms with Crippen molar-refractivity contribution in [3.05, 3.63) is 28.8 Å². The molecule has 1 aromatic rings. The van der Waals surface area contributed by atoms with E-state index in [0.29, 0.717) is 11.3 Å². The summed E-state index contributed by atoms with van der Waals surface area (Å²) in [7, 11) is 0. The monoisotopic (exact) mass is 294 g/mol. The molecule has 20 heavy (non-hydrogen) atoms. The summed E-state index contributed by atoms with van der Waals surface area (Å²) in [6.45, 7) is 2.91. The van der Waals surface area contributed by atoms with Crippen molar-refractivity contribution in [2.75, 3.05) is 11.5 Å². The molecule has 2 N–H and O–H groups in total. The Kier molecular flexibility index (Phi) is 3.74. The number of aliphatic hydroxyl groups excluding tert-OH is 2. The summed E-state index contributed by atoms with van der Waals surface area (Å²) < 4.78 is 0. The fourth-order valence-electron chi connectivity index (χ4n) is 2.44. The maximum atomic E-state index is 12.4. The molecule has 1 heterocycles. The third-order valence-electron chi connectivity index (χ3n) is 3.74. The SMILES string of the molecule is CC1(C)C(=O)N(c2ccc(C#N)c(Cl)c2)[C@@H](CO)[C@H]1O. The number of benzene rings is 1. The van der Waals surface area contributed by atoms with Gasteiger partial charge in [0.05, 0.1) is 34.8 Å². The van der Waals surface area contributed by atoms with Crippen molar-refractivity contribution in [1.29, 1.82) is 5.26 Å². The molecule has 5 nitrogen and oxygen atoms in total. The van der Waals surface area contributed by atoms with E-state index in [2.05, 4.69) is 0 Å². The van der Waals surface area contributed by atoms with E-state index in [9.17, 15) is 15.0 Å². The number of amides is 1. The average Bonchev–Trinajstić information content (AvgIpc) is 2.59. The largest absolute Gasteiger partial charge is 0.394 e. The van der Waals surface area contributed by atoms with Crippen LogP contribution < -0.4 is 4.90 Å². The van der Waals surface area contributed by atoms with Gasteiger partial charge in [-0.25, -0.2) is 0 Å². The molecule has 1 aliphatic heterocycles. The molecule has 0 aliphatic carbocycles. The lowest BCUT2D eigenvalue weighted by atomic mass is 9.87. The van der Waals surface area contributed by atoms with Gasteiger partial charge < -0.3 is 15.1 Å². The first-order chi connectivity index (χ1) is 9.34. The molecule has 6 heteroatoms. The van der Waals surface area contributed by atoms with E-state index in [1.807, 2.05) is 6.07 Å². The van der Waals surface area contributed by atoms with Crippen LogP contribution >= 0.6 is 11.6 Å². The van der Waals surface area contributed by atoms with Crippen LogP contribution in [0.2, 0.25) is 5.02 Å². The summed E-state index contributed by atoms with van der Waals surface area (Å²) >= 11 is 5.97. The molecule has 1 saturated heterocycles. The average molecular weight is 295 g/mol. The molecule has 0 bridgehead atoms. The highest BCUT2D eigenvalue weighted by Gasteiger charge is 2.53. The summed E-state index contributed by atoms with van der Waals surface area (Å²) in [5.74, 6) is -0.287. The molecular weight excluding hydrogens is 280 g/mol. The van der Waals surface area contributed by atoms with Gasteiger partial charge in [-0.15, -0.1) is 0 Å². The molecule has 1 amide bonds. The Morgan fingerprint density at radius 3 is 2.65 bits per heavy atom. The molecule has 1 fully saturated rings. The van der Waals surface area contributed by atoms with Gasteiger partial charge in [0.15, 0.2) is 0 Å². The normalized spacial score (nSPS) is 24.8. The molecule has 0 spiro atoms. The van der Waals surface area contributed by atoms with Crippen molar-refractivity contribution in [3.63, 3.8) is 0 Å². The van der Waals surface area contributed by atoms with Crippen LogP contribution in [0.4, 0.5) is 5.69 Å². The Hall–Kier alpha value is -1.61. The van der Waals surface area contributed by atoms with Gasteiger partial charge in [-0.1, -0.05) is 11.6 Å². The standard InChI is InChI=1S/C14H15ClN2O3/c1-14(2)12(19)11(7-18)17(13(14)20)9-4-3-8(6-16)10(15)5-9/h3-5,11-12,18-19H,7H2,1-2H3/t11-,12+/m0/s1. The molecule has 0 saturated carbocycles. The second-order valence-electron chi connectivity index (χ2n) is 5.37. The van der Waals surface area contributed by atoms with Crippen LogP contribution in [-0.4, -0.2) is 34.9 Å². The fraction of sp³-hybridized carbons (Fsp3) is 0.429.